The highest BCUT2D eigenvalue weighted by molar-refractivity contribution is 7.89. The van der Waals surface area contributed by atoms with Crippen molar-refractivity contribution in [3.8, 4) is 23.1 Å². The molecule has 2 fully saturated rings. The van der Waals surface area contributed by atoms with Gasteiger partial charge in [-0.25, -0.2) is 28.1 Å². The number of rotatable bonds is 8. The molecule has 0 unspecified atom stereocenters. The Bertz CT molecular complexity index is 1760. The number of sulfonamides is 1. The molecule has 4 aromatic heterocycles. The molecule has 6 heterocycles. The molecule has 6 rings (SSSR count). The average molecular weight is 595 g/mol. The number of fused-ring (bicyclic) bond motifs is 1. The van der Waals surface area contributed by atoms with Crippen molar-refractivity contribution in [2.45, 2.75) is 37.7 Å². The molecular weight excluding hydrogens is 560 g/mol. The van der Waals surface area contributed by atoms with E-state index in [2.05, 4.69) is 26.9 Å². The third kappa shape index (κ3) is 5.08. The van der Waals surface area contributed by atoms with Crippen molar-refractivity contribution < 1.29 is 17.9 Å². The molecule has 0 aliphatic carbocycles. The van der Waals surface area contributed by atoms with Crippen LogP contribution in [0, 0.1) is 0 Å². The molecule has 0 N–H and O–H groups in total. The van der Waals surface area contributed by atoms with Gasteiger partial charge in [-0.15, -0.1) is 0 Å². The molecule has 4 aromatic rings. The molecule has 0 spiro atoms. The Labute approximate surface area is 243 Å². The van der Waals surface area contributed by atoms with Crippen LogP contribution in [0.5, 0.6) is 5.88 Å². The van der Waals surface area contributed by atoms with Crippen LogP contribution in [0.4, 0.5) is 0 Å². The van der Waals surface area contributed by atoms with Crippen molar-refractivity contribution in [1.82, 2.24) is 38.5 Å². The van der Waals surface area contributed by atoms with E-state index in [-0.39, 0.29) is 33.8 Å². The lowest BCUT2D eigenvalue weighted by Gasteiger charge is -2.33. The van der Waals surface area contributed by atoms with E-state index in [0.717, 1.165) is 6.54 Å². The molecule has 0 saturated carbocycles. The summed E-state index contributed by atoms with van der Waals surface area (Å²) in [7, 11) is -2.27. The van der Waals surface area contributed by atoms with E-state index >= 15 is 0 Å². The fourth-order valence-electron chi connectivity index (χ4n) is 5.40. The predicted octanol–water partition coefficient (Wildman–Crippen LogP) is 1.63. The normalized spacial score (nSPS) is 18.6. The lowest BCUT2D eigenvalue weighted by molar-refractivity contribution is 0.138. The highest BCUT2D eigenvalue weighted by atomic mass is 32.2. The van der Waals surface area contributed by atoms with Gasteiger partial charge in [-0.1, -0.05) is 19.9 Å². The highest BCUT2D eigenvalue weighted by Gasteiger charge is 2.31. The molecule has 1 atom stereocenters. The van der Waals surface area contributed by atoms with Gasteiger partial charge in [0.25, 0.3) is 5.56 Å². The molecule has 0 bridgehead atoms. The van der Waals surface area contributed by atoms with Crippen LogP contribution in [-0.4, -0.2) is 99.0 Å². The van der Waals surface area contributed by atoms with E-state index in [1.807, 2.05) is 25.1 Å². The van der Waals surface area contributed by atoms with Crippen molar-refractivity contribution in [2.75, 3.05) is 45.9 Å². The lowest BCUT2D eigenvalue weighted by Crippen LogP contribution is -2.48. The van der Waals surface area contributed by atoms with Crippen molar-refractivity contribution in [3.05, 3.63) is 52.7 Å². The maximum absolute atomic E-state index is 13.7. The molecule has 0 radical (unpaired) electrons. The molecule has 14 heteroatoms. The number of ether oxygens (including phenoxy) is 2. The molecule has 0 aromatic carbocycles. The molecule has 42 heavy (non-hydrogen) atoms. The first-order valence-electron chi connectivity index (χ1n) is 14.2. The number of aryl methyl sites for hydroxylation is 1. The first kappa shape index (κ1) is 28.4. The van der Waals surface area contributed by atoms with Gasteiger partial charge >= 0.3 is 0 Å². The molecule has 0 amide bonds. The monoisotopic (exact) mass is 594 g/mol. The summed E-state index contributed by atoms with van der Waals surface area (Å²) in [5, 5.41) is 4.57. The van der Waals surface area contributed by atoms with Gasteiger partial charge in [0.1, 0.15) is 22.3 Å². The third-order valence-electron chi connectivity index (χ3n) is 7.85. The second-order valence-electron chi connectivity index (χ2n) is 10.4. The van der Waals surface area contributed by atoms with E-state index in [0.29, 0.717) is 74.8 Å². The topological polar surface area (TPSA) is 138 Å². The summed E-state index contributed by atoms with van der Waals surface area (Å²) in [5.74, 6) is 0.994. The van der Waals surface area contributed by atoms with Crippen molar-refractivity contribution in [2.24, 2.45) is 7.05 Å². The van der Waals surface area contributed by atoms with E-state index in [4.69, 9.17) is 14.5 Å². The number of hydrogen-bond donors (Lipinski definition) is 0. The van der Waals surface area contributed by atoms with Gasteiger partial charge in [0.2, 0.25) is 15.9 Å². The lowest BCUT2D eigenvalue weighted by atomic mass is 10.2. The van der Waals surface area contributed by atoms with Crippen LogP contribution in [-0.2, 0) is 28.2 Å². The second-order valence-corrected chi connectivity index (χ2v) is 12.3. The third-order valence-corrected chi connectivity index (χ3v) is 9.71. The van der Waals surface area contributed by atoms with Crippen molar-refractivity contribution in [1.29, 1.82) is 0 Å². The number of pyridine rings is 2. The summed E-state index contributed by atoms with van der Waals surface area (Å²) in [4.78, 5) is 29.7. The molecule has 2 aliphatic rings. The van der Waals surface area contributed by atoms with Crippen LogP contribution < -0.4 is 10.3 Å². The van der Waals surface area contributed by atoms with Gasteiger partial charge < -0.3 is 14.4 Å². The Morgan fingerprint density at radius 3 is 2.57 bits per heavy atom. The molecule has 2 aliphatic heterocycles. The maximum atomic E-state index is 13.7. The molecule has 2 saturated heterocycles. The van der Waals surface area contributed by atoms with Gasteiger partial charge in [-0.2, -0.15) is 9.40 Å². The van der Waals surface area contributed by atoms with Crippen LogP contribution in [0.1, 0.15) is 26.0 Å². The predicted molar refractivity (Wildman–Crippen MR) is 155 cm³/mol. The van der Waals surface area contributed by atoms with Gasteiger partial charge in [-0.3, -0.25) is 9.36 Å². The SMILES string of the molecule is CCc1c2nc(-c3cc(S(=O)(=O)N4CCN(CC)CC4)cnc3O[C@@H]3CCOC3)n(C)c(=O)c2nn1-c1ccccn1. The number of aromatic nitrogens is 6. The van der Waals surface area contributed by atoms with Crippen molar-refractivity contribution >= 4 is 21.1 Å². The summed E-state index contributed by atoms with van der Waals surface area (Å²) >= 11 is 0. The van der Waals surface area contributed by atoms with Crippen LogP contribution in [0.15, 0.2) is 46.3 Å². The zero-order valence-electron chi connectivity index (χ0n) is 23.9. The van der Waals surface area contributed by atoms with Gasteiger partial charge in [0.05, 0.1) is 30.7 Å². The smallest absolute Gasteiger partial charge is 0.281 e. The number of likely N-dealkylation sites (N-methyl/N-ethyl adjacent to an activating group) is 1. The molecule has 222 valence electrons. The van der Waals surface area contributed by atoms with Crippen LogP contribution in [0.25, 0.3) is 28.2 Å². The van der Waals surface area contributed by atoms with E-state index in [1.165, 1.54) is 21.1 Å². The van der Waals surface area contributed by atoms with E-state index in [1.54, 1.807) is 17.9 Å². The standard InChI is InChI=1S/C28H34N8O5S/c1-4-22-24-25(32-36(22)23-8-6-7-10-29-23)28(37)33(3)26(31-24)21-16-20(17-30-27(21)41-19-9-15-40-18-19)42(38,39)35-13-11-34(5-2)12-14-35/h6-8,10,16-17,19H,4-5,9,11-15,18H2,1-3H3/t19-/m1/s1. The van der Waals surface area contributed by atoms with Crippen LogP contribution in [0.3, 0.4) is 0 Å². The first-order valence-corrected chi connectivity index (χ1v) is 15.6. The number of nitrogens with zero attached hydrogens (tertiary/aromatic N) is 8. The summed E-state index contributed by atoms with van der Waals surface area (Å²) in [5.41, 5.74) is 1.25. The van der Waals surface area contributed by atoms with Gasteiger partial charge in [0, 0.05) is 45.8 Å². The summed E-state index contributed by atoms with van der Waals surface area (Å²) in [6, 6.07) is 6.98. The minimum atomic E-state index is -3.85. The first-order chi connectivity index (χ1) is 20.3. The van der Waals surface area contributed by atoms with E-state index in [9.17, 15) is 13.2 Å². The summed E-state index contributed by atoms with van der Waals surface area (Å²) < 4.78 is 43.6. The zero-order valence-corrected chi connectivity index (χ0v) is 24.7. The minimum absolute atomic E-state index is 0.0201. The Morgan fingerprint density at radius 2 is 1.90 bits per heavy atom. The fraction of sp³-hybridized carbons (Fsp3) is 0.464. The number of piperazine rings is 1. The quantitative estimate of drug-likeness (QED) is 0.296. The Morgan fingerprint density at radius 1 is 1.10 bits per heavy atom. The van der Waals surface area contributed by atoms with Crippen LogP contribution >= 0.6 is 0 Å². The Hall–Kier alpha value is -3.72. The summed E-state index contributed by atoms with van der Waals surface area (Å²) in [6.45, 7) is 7.93. The molecule has 13 nitrogen and oxygen atoms in total. The zero-order chi connectivity index (χ0) is 29.4. The maximum Gasteiger partial charge on any atom is 0.281 e. The number of hydrogen-bond acceptors (Lipinski definition) is 10. The Kier molecular flexibility index (Phi) is 7.79. The van der Waals surface area contributed by atoms with Crippen molar-refractivity contribution in [3.63, 3.8) is 0 Å². The minimum Gasteiger partial charge on any atom is -0.471 e. The van der Waals surface area contributed by atoms with Gasteiger partial charge in [-0.05, 0) is 31.2 Å². The van der Waals surface area contributed by atoms with Gasteiger partial charge in [0.15, 0.2) is 11.3 Å². The fourth-order valence-corrected chi connectivity index (χ4v) is 6.79. The van der Waals surface area contributed by atoms with Crippen LogP contribution in [0.2, 0.25) is 0 Å². The van der Waals surface area contributed by atoms with E-state index < -0.39 is 10.0 Å². The highest BCUT2D eigenvalue weighted by Crippen LogP contribution is 2.32. The summed E-state index contributed by atoms with van der Waals surface area (Å²) in [6.07, 6.45) is 3.94. The Balaban J connectivity index is 1.50. The molecular formula is C28H34N8O5S. The largest absolute Gasteiger partial charge is 0.471 e. The average Bonchev–Trinajstić information content (AvgIpc) is 3.67. The second kappa shape index (κ2) is 11.5.